The first kappa shape index (κ1) is 23.9. The van der Waals surface area contributed by atoms with Crippen LogP contribution >= 0.6 is 0 Å². The molecule has 0 spiro atoms. The van der Waals surface area contributed by atoms with Gasteiger partial charge in [-0.05, 0) is 56.2 Å². The van der Waals surface area contributed by atoms with Crippen LogP contribution < -0.4 is 10.5 Å². The number of nitrogens with zero attached hydrogens (tertiary/aromatic N) is 3. The minimum atomic E-state index is -1.05. The predicted molar refractivity (Wildman–Crippen MR) is 127 cm³/mol. The molecule has 0 saturated carbocycles. The SMILES string of the molecule is Cc1cc(OCC(=O)C(N)=O)nc(C)c1C(=O)N1CC2CN(CC[CH]c3ccccc3)C[C@H]2C1. The van der Waals surface area contributed by atoms with Crippen LogP contribution in [0.4, 0.5) is 0 Å². The summed E-state index contributed by atoms with van der Waals surface area (Å²) in [5.74, 6) is -0.697. The van der Waals surface area contributed by atoms with Crippen molar-refractivity contribution in [1.82, 2.24) is 14.8 Å². The van der Waals surface area contributed by atoms with Crippen molar-refractivity contribution in [2.75, 3.05) is 39.3 Å². The van der Waals surface area contributed by atoms with Crippen LogP contribution in [0.5, 0.6) is 5.88 Å². The monoisotopic (exact) mass is 463 g/mol. The Morgan fingerprint density at radius 3 is 2.38 bits per heavy atom. The highest BCUT2D eigenvalue weighted by Gasteiger charge is 2.41. The fourth-order valence-electron chi connectivity index (χ4n) is 5.00. The molecule has 8 nitrogen and oxygen atoms in total. The summed E-state index contributed by atoms with van der Waals surface area (Å²) in [4.78, 5) is 44.3. The highest BCUT2D eigenvalue weighted by Crippen LogP contribution is 2.33. The van der Waals surface area contributed by atoms with Gasteiger partial charge >= 0.3 is 0 Å². The molecule has 0 aliphatic carbocycles. The normalized spacial score (nSPS) is 19.8. The zero-order valence-corrected chi connectivity index (χ0v) is 19.7. The van der Waals surface area contributed by atoms with Crippen LogP contribution in [-0.4, -0.2) is 71.7 Å². The second kappa shape index (κ2) is 10.3. The van der Waals surface area contributed by atoms with Crippen molar-refractivity contribution in [3.63, 3.8) is 0 Å². The maximum atomic E-state index is 13.3. The van der Waals surface area contributed by atoms with Crippen LogP contribution in [0.1, 0.15) is 33.6 Å². The third-order valence-electron chi connectivity index (χ3n) is 6.69. The molecule has 2 aromatic rings. The van der Waals surface area contributed by atoms with E-state index in [0.717, 1.165) is 44.7 Å². The Hall–Kier alpha value is -3.26. The van der Waals surface area contributed by atoms with E-state index < -0.39 is 18.3 Å². The zero-order chi connectivity index (χ0) is 24.2. The van der Waals surface area contributed by atoms with Gasteiger partial charge in [-0.3, -0.25) is 14.4 Å². The number of rotatable bonds is 9. The molecule has 1 aromatic carbocycles. The summed E-state index contributed by atoms with van der Waals surface area (Å²) < 4.78 is 5.29. The molecule has 2 fully saturated rings. The van der Waals surface area contributed by atoms with E-state index in [-0.39, 0.29) is 11.8 Å². The molecular weight excluding hydrogens is 432 g/mol. The number of ketones is 1. The number of pyridine rings is 1. The van der Waals surface area contributed by atoms with Crippen molar-refractivity contribution in [3.8, 4) is 5.88 Å². The summed E-state index contributed by atoms with van der Waals surface area (Å²) in [6, 6.07) is 12.0. The van der Waals surface area contributed by atoms with Gasteiger partial charge in [-0.15, -0.1) is 0 Å². The van der Waals surface area contributed by atoms with E-state index >= 15 is 0 Å². The van der Waals surface area contributed by atoms with Crippen molar-refractivity contribution in [2.24, 2.45) is 17.6 Å². The molecular formula is C26H31N4O4. The highest BCUT2D eigenvalue weighted by molar-refractivity contribution is 6.36. The van der Waals surface area contributed by atoms with E-state index in [4.69, 9.17) is 10.5 Å². The third-order valence-corrected chi connectivity index (χ3v) is 6.69. The molecule has 34 heavy (non-hydrogen) atoms. The molecule has 1 unspecified atom stereocenters. The molecule has 2 saturated heterocycles. The first-order chi connectivity index (χ1) is 16.3. The summed E-state index contributed by atoms with van der Waals surface area (Å²) >= 11 is 0. The lowest BCUT2D eigenvalue weighted by molar-refractivity contribution is -0.137. The van der Waals surface area contributed by atoms with E-state index in [2.05, 4.69) is 40.6 Å². The van der Waals surface area contributed by atoms with E-state index in [1.54, 1.807) is 13.0 Å². The first-order valence-electron chi connectivity index (χ1n) is 11.7. The molecule has 179 valence electrons. The molecule has 1 radical (unpaired) electrons. The van der Waals surface area contributed by atoms with Crippen LogP contribution in [0.25, 0.3) is 0 Å². The molecule has 2 N–H and O–H groups in total. The average Bonchev–Trinajstić information content (AvgIpc) is 3.36. The van der Waals surface area contributed by atoms with Crippen molar-refractivity contribution in [2.45, 2.75) is 20.3 Å². The fraction of sp³-hybridized carbons (Fsp3) is 0.423. The van der Waals surface area contributed by atoms with Crippen LogP contribution in [-0.2, 0) is 9.59 Å². The topological polar surface area (TPSA) is 106 Å². The number of hydrogen-bond donors (Lipinski definition) is 1. The van der Waals surface area contributed by atoms with Gasteiger partial charge in [-0.1, -0.05) is 30.3 Å². The van der Waals surface area contributed by atoms with Gasteiger partial charge in [-0.25, -0.2) is 4.98 Å². The van der Waals surface area contributed by atoms with E-state index in [0.29, 0.717) is 23.1 Å². The van der Waals surface area contributed by atoms with Crippen LogP contribution in [0, 0.1) is 32.1 Å². The number of fused-ring (bicyclic) bond motifs is 1. The largest absolute Gasteiger partial charge is 0.469 e. The molecule has 0 bridgehead atoms. The van der Waals surface area contributed by atoms with Gasteiger partial charge in [0, 0.05) is 32.2 Å². The Labute approximate surface area is 200 Å². The average molecular weight is 464 g/mol. The number of carbonyl (C=O) groups is 3. The smallest absolute Gasteiger partial charge is 0.288 e. The van der Waals surface area contributed by atoms with Crippen molar-refractivity contribution < 1.29 is 19.1 Å². The van der Waals surface area contributed by atoms with Gasteiger partial charge in [0.05, 0.1) is 11.3 Å². The molecule has 3 heterocycles. The van der Waals surface area contributed by atoms with E-state index in [1.807, 2.05) is 17.9 Å². The Balaban J connectivity index is 1.30. The highest BCUT2D eigenvalue weighted by atomic mass is 16.5. The first-order valence-corrected chi connectivity index (χ1v) is 11.7. The number of benzene rings is 1. The van der Waals surface area contributed by atoms with E-state index in [1.165, 1.54) is 5.56 Å². The van der Waals surface area contributed by atoms with Gasteiger partial charge in [0.2, 0.25) is 5.88 Å². The van der Waals surface area contributed by atoms with Crippen molar-refractivity contribution >= 4 is 17.6 Å². The van der Waals surface area contributed by atoms with Crippen molar-refractivity contribution in [3.05, 3.63) is 65.2 Å². The summed E-state index contributed by atoms with van der Waals surface area (Å²) in [7, 11) is 0. The Bertz CT molecular complexity index is 1030. The Morgan fingerprint density at radius 2 is 1.76 bits per heavy atom. The minimum Gasteiger partial charge on any atom is -0.469 e. The number of Topliss-reactive ketones (excluding diaryl/α,β-unsaturated/α-hetero) is 1. The summed E-state index contributed by atoms with van der Waals surface area (Å²) in [5.41, 5.74) is 8.05. The zero-order valence-electron chi connectivity index (χ0n) is 19.7. The van der Waals surface area contributed by atoms with Crippen LogP contribution in [0.2, 0.25) is 0 Å². The lowest BCUT2D eigenvalue weighted by Crippen LogP contribution is -2.34. The maximum absolute atomic E-state index is 13.3. The number of hydrogen-bond acceptors (Lipinski definition) is 6. The number of aromatic nitrogens is 1. The Morgan fingerprint density at radius 1 is 1.09 bits per heavy atom. The summed E-state index contributed by atoms with van der Waals surface area (Å²) in [6.45, 7) is 7.71. The van der Waals surface area contributed by atoms with Crippen molar-refractivity contribution in [1.29, 1.82) is 0 Å². The van der Waals surface area contributed by atoms with Crippen LogP contribution in [0.3, 0.4) is 0 Å². The number of aryl methyl sites for hydroxylation is 2. The number of nitrogens with two attached hydrogens (primary N) is 1. The number of carbonyl (C=O) groups excluding carboxylic acids is 3. The number of ether oxygens (including phenoxy) is 1. The number of amides is 2. The molecule has 2 atom stereocenters. The van der Waals surface area contributed by atoms with Gasteiger partial charge in [-0.2, -0.15) is 0 Å². The fourth-order valence-corrected chi connectivity index (χ4v) is 5.00. The molecule has 1 aromatic heterocycles. The molecule has 4 rings (SSSR count). The maximum Gasteiger partial charge on any atom is 0.288 e. The minimum absolute atomic E-state index is 0.0133. The van der Waals surface area contributed by atoms with Gasteiger partial charge in [0.25, 0.3) is 17.6 Å². The van der Waals surface area contributed by atoms with Gasteiger partial charge in [0.1, 0.15) is 0 Å². The summed E-state index contributed by atoms with van der Waals surface area (Å²) in [5, 5.41) is 0. The second-order valence-electron chi connectivity index (χ2n) is 9.21. The van der Waals surface area contributed by atoms with Crippen LogP contribution in [0.15, 0.2) is 36.4 Å². The molecule has 2 aliphatic rings. The third kappa shape index (κ3) is 5.44. The molecule has 2 amide bonds. The number of primary amides is 1. The predicted octanol–water partition coefficient (Wildman–Crippen LogP) is 1.78. The van der Waals surface area contributed by atoms with Gasteiger partial charge in [0.15, 0.2) is 6.61 Å². The Kier molecular flexibility index (Phi) is 7.26. The lowest BCUT2D eigenvalue weighted by atomic mass is 10.0. The number of likely N-dealkylation sites (tertiary alicyclic amines) is 2. The quantitative estimate of drug-likeness (QED) is 0.569. The lowest BCUT2D eigenvalue weighted by Gasteiger charge is -2.23. The molecule has 2 aliphatic heterocycles. The second-order valence-corrected chi connectivity index (χ2v) is 9.21. The van der Waals surface area contributed by atoms with Gasteiger partial charge < -0.3 is 20.3 Å². The van der Waals surface area contributed by atoms with E-state index in [9.17, 15) is 14.4 Å². The molecule has 8 heteroatoms. The summed E-state index contributed by atoms with van der Waals surface area (Å²) in [6.07, 6.45) is 3.30. The standard InChI is InChI=1S/C26H31N4O4/c1-17-11-23(34-16-22(31)25(27)32)28-18(2)24(17)26(33)30-14-20-12-29(13-21(20)15-30)10-6-9-19-7-4-3-5-8-19/h3-5,7-9,11,20-21H,6,10,12-16H2,1-2H3,(H2,27,32)/t20-,21?/m0/s1.